The molecule has 0 aliphatic rings. The van der Waals surface area contributed by atoms with Crippen LogP contribution in [0.5, 0.6) is 0 Å². The van der Waals surface area contributed by atoms with Crippen molar-refractivity contribution in [2.45, 2.75) is 43.8 Å². The number of nitro groups is 1. The molecule has 128 valence electrons. The Kier molecular flexibility index (Phi) is 4.80. The minimum atomic E-state index is -3.56. The lowest BCUT2D eigenvalue weighted by Crippen LogP contribution is -2.11. The van der Waals surface area contributed by atoms with E-state index < -0.39 is 14.8 Å². The van der Waals surface area contributed by atoms with Crippen molar-refractivity contribution in [2.75, 3.05) is 0 Å². The van der Waals surface area contributed by atoms with E-state index in [4.69, 9.17) is 0 Å². The van der Waals surface area contributed by atoms with Gasteiger partial charge in [0.25, 0.3) is 5.69 Å². The molecule has 0 N–H and O–H groups in total. The van der Waals surface area contributed by atoms with E-state index in [1.807, 2.05) is 24.3 Å². The third kappa shape index (κ3) is 4.00. The van der Waals surface area contributed by atoms with E-state index in [9.17, 15) is 18.5 Å². The predicted octanol–water partition coefficient (Wildman–Crippen LogP) is 4.17. The van der Waals surface area contributed by atoms with Gasteiger partial charge in [0.1, 0.15) is 0 Å². The van der Waals surface area contributed by atoms with Gasteiger partial charge in [-0.3, -0.25) is 10.1 Å². The monoisotopic (exact) mass is 347 g/mol. The van der Waals surface area contributed by atoms with Crippen molar-refractivity contribution in [1.29, 1.82) is 0 Å². The summed E-state index contributed by atoms with van der Waals surface area (Å²) >= 11 is 0. The van der Waals surface area contributed by atoms with Gasteiger partial charge in [0.05, 0.1) is 15.6 Å². The van der Waals surface area contributed by atoms with Crippen LogP contribution in [0.1, 0.15) is 37.5 Å². The van der Waals surface area contributed by atoms with Crippen LogP contribution in [0.4, 0.5) is 5.69 Å². The van der Waals surface area contributed by atoms with E-state index in [0.29, 0.717) is 11.1 Å². The molecule has 2 aromatic rings. The van der Waals surface area contributed by atoms with Crippen molar-refractivity contribution >= 4 is 15.5 Å². The summed E-state index contributed by atoms with van der Waals surface area (Å²) < 4.78 is 25.2. The van der Waals surface area contributed by atoms with E-state index in [0.717, 1.165) is 5.56 Å². The zero-order valence-electron chi connectivity index (χ0n) is 14.2. The van der Waals surface area contributed by atoms with Crippen LogP contribution in [0.25, 0.3) is 0 Å². The Morgan fingerprint density at radius 3 is 2.08 bits per heavy atom. The summed E-state index contributed by atoms with van der Waals surface area (Å²) in [5, 5.41) is 10.8. The number of nitrogens with zero attached hydrogens (tertiary/aromatic N) is 1. The van der Waals surface area contributed by atoms with Gasteiger partial charge in [-0.2, -0.15) is 0 Å². The minimum absolute atomic E-state index is 0.00631. The molecule has 2 rings (SSSR count). The number of aryl methyl sites for hydroxylation is 1. The number of sulfone groups is 1. The highest BCUT2D eigenvalue weighted by atomic mass is 32.2. The van der Waals surface area contributed by atoms with E-state index in [1.54, 1.807) is 6.92 Å². The van der Waals surface area contributed by atoms with Crippen LogP contribution in [0, 0.1) is 17.0 Å². The second-order valence-corrected chi connectivity index (χ2v) is 8.87. The summed E-state index contributed by atoms with van der Waals surface area (Å²) in [5.41, 5.74) is 2.11. The zero-order valence-corrected chi connectivity index (χ0v) is 15.1. The Morgan fingerprint density at radius 2 is 1.62 bits per heavy atom. The SMILES string of the molecule is Cc1cc([N+](=O)[O-])ccc1S(=O)(=O)Cc1ccc(C(C)(C)C)cc1. The molecule has 24 heavy (non-hydrogen) atoms. The van der Waals surface area contributed by atoms with Gasteiger partial charge in [0, 0.05) is 12.1 Å². The third-order valence-corrected chi connectivity index (χ3v) is 5.72. The summed E-state index contributed by atoms with van der Waals surface area (Å²) in [4.78, 5) is 10.4. The topological polar surface area (TPSA) is 77.3 Å². The lowest BCUT2D eigenvalue weighted by molar-refractivity contribution is -0.385. The Bertz CT molecular complexity index is 863. The van der Waals surface area contributed by atoms with Crippen LogP contribution in [-0.4, -0.2) is 13.3 Å². The highest BCUT2D eigenvalue weighted by Crippen LogP contribution is 2.26. The fourth-order valence-electron chi connectivity index (χ4n) is 2.49. The molecule has 0 aliphatic carbocycles. The number of benzene rings is 2. The number of rotatable bonds is 4. The van der Waals surface area contributed by atoms with E-state index >= 15 is 0 Å². The maximum Gasteiger partial charge on any atom is 0.269 e. The first-order valence-electron chi connectivity index (χ1n) is 7.58. The highest BCUT2D eigenvalue weighted by Gasteiger charge is 2.20. The molecule has 0 aliphatic heterocycles. The van der Waals surface area contributed by atoms with Crippen molar-refractivity contribution in [3.05, 3.63) is 69.3 Å². The standard InChI is InChI=1S/C18H21NO4S/c1-13-11-16(19(20)21)9-10-17(13)24(22,23)12-14-5-7-15(8-6-14)18(2,3)4/h5-11H,12H2,1-4H3. The van der Waals surface area contributed by atoms with Crippen LogP contribution in [0.15, 0.2) is 47.4 Å². The fraction of sp³-hybridized carbons (Fsp3) is 0.333. The summed E-state index contributed by atoms with van der Waals surface area (Å²) in [7, 11) is -3.56. The van der Waals surface area contributed by atoms with Crippen molar-refractivity contribution in [1.82, 2.24) is 0 Å². The number of non-ortho nitro benzene ring substituents is 1. The van der Waals surface area contributed by atoms with Crippen molar-refractivity contribution < 1.29 is 13.3 Å². The summed E-state index contributed by atoms with van der Waals surface area (Å²) in [6, 6.07) is 11.3. The quantitative estimate of drug-likeness (QED) is 0.614. The molecule has 0 bridgehead atoms. The van der Waals surface area contributed by atoms with Gasteiger partial charge < -0.3 is 0 Å². The first-order chi connectivity index (χ1) is 11.0. The molecule has 0 fully saturated rings. The second-order valence-electron chi connectivity index (χ2n) is 6.91. The number of nitro benzene ring substituents is 1. The Hall–Kier alpha value is -2.21. The van der Waals surface area contributed by atoms with E-state index in [1.165, 1.54) is 18.2 Å². The molecule has 0 radical (unpaired) electrons. The van der Waals surface area contributed by atoms with Crippen molar-refractivity contribution in [3.8, 4) is 0 Å². The fourth-order valence-corrected chi connectivity index (χ4v) is 4.11. The van der Waals surface area contributed by atoms with Gasteiger partial charge in [0.15, 0.2) is 9.84 Å². The molecule has 2 aromatic carbocycles. The van der Waals surface area contributed by atoms with Crippen molar-refractivity contribution in [2.24, 2.45) is 0 Å². The number of hydrogen-bond acceptors (Lipinski definition) is 4. The molecule has 0 saturated heterocycles. The van der Waals surface area contributed by atoms with Crippen LogP contribution in [0.3, 0.4) is 0 Å². The largest absolute Gasteiger partial charge is 0.269 e. The molecule has 0 amide bonds. The molecule has 0 unspecified atom stereocenters. The van der Waals surface area contributed by atoms with E-state index in [2.05, 4.69) is 20.8 Å². The van der Waals surface area contributed by atoms with Crippen LogP contribution in [0.2, 0.25) is 0 Å². The zero-order chi connectivity index (χ0) is 18.1. The van der Waals surface area contributed by atoms with Crippen LogP contribution < -0.4 is 0 Å². The molecule has 0 spiro atoms. The Labute approximate surface area is 142 Å². The summed E-state index contributed by atoms with van der Waals surface area (Å²) in [6.07, 6.45) is 0. The van der Waals surface area contributed by atoms with Crippen LogP contribution in [-0.2, 0) is 21.0 Å². The highest BCUT2D eigenvalue weighted by molar-refractivity contribution is 7.90. The molecule has 0 heterocycles. The summed E-state index contributed by atoms with van der Waals surface area (Å²) in [6.45, 7) is 7.86. The Balaban J connectivity index is 2.30. The van der Waals surface area contributed by atoms with Crippen molar-refractivity contribution in [3.63, 3.8) is 0 Å². The van der Waals surface area contributed by atoms with Gasteiger partial charge in [-0.05, 0) is 35.1 Å². The predicted molar refractivity (Wildman–Crippen MR) is 93.9 cm³/mol. The maximum absolute atomic E-state index is 12.6. The average Bonchev–Trinajstić information content (AvgIpc) is 2.45. The summed E-state index contributed by atoms with van der Waals surface area (Å²) in [5.74, 6) is -0.129. The first-order valence-corrected chi connectivity index (χ1v) is 9.23. The smallest absolute Gasteiger partial charge is 0.258 e. The second kappa shape index (κ2) is 6.36. The Morgan fingerprint density at radius 1 is 1.04 bits per heavy atom. The van der Waals surface area contributed by atoms with Crippen LogP contribution >= 0.6 is 0 Å². The molecule has 0 aromatic heterocycles. The molecule has 0 atom stereocenters. The van der Waals surface area contributed by atoms with Gasteiger partial charge >= 0.3 is 0 Å². The first kappa shape index (κ1) is 18.1. The van der Waals surface area contributed by atoms with Gasteiger partial charge in [-0.25, -0.2) is 8.42 Å². The minimum Gasteiger partial charge on any atom is -0.258 e. The average molecular weight is 347 g/mol. The number of hydrogen-bond donors (Lipinski definition) is 0. The normalized spacial score (nSPS) is 12.2. The molecular weight excluding hydrogens is 326 g/mol. The lowest BCUT2D eigenvalue weighted by atomic mass is 9.87. The molecule has 0 saturated carbocycles. The third-order valence-electron chi connectivity index (χ3n) is 3.88. The molecule has 5 nitrogen and oxygen atoms in total. The maximum atomic E-state index is 12.6. The van der Waals surface area contributed by atoms with Gasteiger partial charge in [-0.15, -0.1) is 0 Å². The van der Waals surface area contributed by atoms with Gasteiger partial charge in [-0.1, -0.05) is 45.0 Å². The van der Waals surface area contributed by atoms with Gasteiger partial charge in [0.2, 0.25) is 0 Å². The lowest BCUT2D eigenvalue weighted by Gasteiger charge is -2.19. The van der Waals surface area contributed by atoms with E-state index in [-0.39, 0.29) is 21.8 Å². The molecule has 6 heteroatoms. The molecular formula is C18H21NO4S.